The van der Waals surface area contributed by atoms with Gasteiger partial charge in [0, 0.05) is 40.9 Å². The molecule has 6 nitrogen and oxygen atoms in total. The molecule has 0 saturated heterocycles. The zero-order chi connectivity index (χ0) is 19.2. The number of anilines is 4. The van der Waals surface area contributed by atoms with Crippen LogP contribution >= 0.6 is 11.6 Å². The molecule has 136 valence electrons. The number of nitrogens with one attached hydrogen (secondary N) is 3. The summed E-state index contributed by atoms with van der Waals surface area (Å²) in [6, 6.07) is 17.6. The van der Waals surface area contributed by atoms with E-state index in [1.165, 1.54) is 6.92 Å². The summed E-state index contributed by atoms with van der Waals surface area (Å²) in [5, 5.41) is 9.29. The Kier molecular flexibility index (Phi) is 5.68. The van der Waals surface area contributed by atoms with Gasteiger partial charge in [-0.2, -0.15) is 0 Å². The number of carbonyl (C=O) groups is 2. The molecule has 0 bridgehead atoms. The number of carbonyl (C=O) groups excluding carboxylic acids is 2. The summed E-state index contributed by atoms with van der Waals surface area (Å²) in [5.41, 5.74) is 3.00. The van der Waals surface area contributed by atoms with Crippen molar-refractivity contribution in [1.29, 1.82) is 0 Å². The molecular weight excluding hydrogens is 364 g/mol. The quantitative estimate of drug-likeness (QED) is 0.599. The second kappa shape index (κ2) is 8.33. The molecule has 3 rings (SSSR count). The van der Waals surface area contributed by atoms with E-state index in [-0.39, 0.29) is 17.5 Å². The second-order valence-corrected chi connectivity index (χ2v) is 6.21. The Labute approximate surface area is 161 Å². The van der Waals surface area contributed by atoms with Crippen LogP contribution in [0, 0.1) is 0 Å². The summed E-state index contributed by atoms with van der Waals surface area (Å²) in [7, 11) is 0. The Bertz CT molecular complexity index is 974. The Hall–Kier alpha value is -3.38. The lowest BCUT2D eigenvalue weighted by atomic mass is 10.2. The van der Waals surface area contributed by atoms with Gasteiger partial charge in [-0.25, -0.2) is 0 Å². The lowest BCUT2D eigenvalue weighted by Gasteiger charge is -2.10. The van der Waals surface area contributed by atoms with Gasteiger partial charge in [-0.15, -0.1) is 0 Å². The van der Waals surface area contributed by atoms with Crippen molar-refractivity contribution in [2.24, 2.45) is 0 Å². The molecule has 0 aliphatic carbocycles. The molecule has 1 aromatic heterocycles. The van der Waals surface area contributed by atoms with Crippen molar-refractivity contribution in [2.45, 2.75) is 6.92 Å². The van der Waals surface area contributed by atoms with Gasteiger partial charge in [-0.3, -0.25) is 14.6 Å². The van der Waals surface area contributed by atoms with Crippen LogP contribution in [-0.2, 0) is 4.79 Å². The number of pyridine rings is 1. The number of hydrogen-bond acceptors (Lipinski definition) is 4. The smallest absolute Gasteiger partial charge is 0.274 e. The maximum absolute atomic E-state index is 12.5. The first-order valence-corrected chi connectivity index (χ1v) is 8.55. The Morgan fingerprint density at radius 2 is 1.56 bits per heavy atom. The van der Waals surface area contributed by atoms with Crippen LogP contribution in [0.5, 0.6) is 0 Å². The number of nitrogens with zero attached hydrogens (tertiary/aromatic N) is 1. The summed E-state index contributed by atoms with van der Waals surface area (Å²) in [5.74, 6) is -0.532. The normalized spacial score (nSPS) is 10.1. The summed E-state index contributed by atoms with van der Waals surface area (Å²) in [6.45, 7) is 1.42. The van der Waals surface area contributed by atoms with Gasteiger partial charge < -0.3 is 16.0 Å². The largest absolute Gasteiger partial charge is 0.355 e. The average molecular weight is 381 g/mol. The van der Waals surface area contributed by atoms with Crippen LogP contribution in [0.3, 0.4) is 0 Å². The molecule has 27 heavy (non-hydrogen) atoms. The highest BCUT2D eigenvalue weighted by molar-refractivity contribution is 6.30. The van der Waals surface area contributed by atoms with Crippen LogP contribution in [0.15, 0.2) is 66.9 Å². The van der Waals surface area contributed by atoms with Crippen molar-refractivity contribution in [1.82, 2.24) is 4.98 Å². The van der Waals surface area contributed by atoms with Crippen molar-refractivity contribution in [2.75, 3.05) is 16.0 Å². The molecule has 0 saturated carbocycles. The van der Waals surface area contributed by atoms with E-state index in [4.69, 9.17) is 11.6 Å². The first-order valence-electron chi connectivity index (χ1n) is 8.17. The molecule has 0 fully saturated rings. The van der Waals surface area contributed by atoms with Crippen molar-refractivity contribution >= 4 is 46.2 Å². The monoisotopic (exact) mass is 380 g/mol. The van der Waals surface area contributed by atoms with E-state index in [0.717, 1.165) is 11.4 Å². The van der Waals surface area contributed by atoms with Gasteiger partial charge in [0.2, 0.25) is 5.91 Å². The second-order valence-electron chi connectivity index (χ2n) is 5.78. The van der Waals surface area contributed by atoms with E-state index in [1.807, 2.05) is 12.1 Å². The van der Waals surface area contributed by atoms with Crippen molar-refractivity contribution < 1.29 is 9.59 Å². The topological polar surface area (TPSA) is 83.1 Å². The predicted molar refractivity (Wildman–Crippen MR) is 108 cm³/mol. The average Bonchev–Trinajstić information content (AvgIpc) is 2.64. The van der Waals surface area contributed by atoms with Gasteiger partial charge in [0.15, 0.2) is 0 Å². The minimum atomic E-state index is -0.352. The fourth-order valence-corrected chi connectivity index (χ4v) is 2.53. The van der Waals surface area contributed by atoms with Crippen molar-refractivity contribution in [3.63, 3.8) is 0 Å². The molecule has 2 aromatic carbocycles. The first kappa shape index (κ1) is 18.4. The van der Waals surface area contributed by atoms with E-state index >= 15 is 0 Å². The molecular formula is C20H17ClN4O2. The zero-order valence-corrected chi connectivity index (χ0v) is 15.2. The van der Waals surface area contributed by atoms with Crippen LogP contribution < -0.4 is 16.0 Å². The van der Waals surface area contributed by atoms with Gasteiger partial charge in [0.1, 0.15) is 5.69 Å². The Balaban J connectivity index is 1.71. The van der Waals surface area contributed by atoms with E-state index in [1.54, 1.807) is 54.7 Å². The molecule has 2 amide bonds. The summed E-state index contributed by atoms with van der Waals surface area (Å²) in [4.78, 5) is 27.8. The predicted octanol–water partition coefficient (Wildman–Crippen LogP) is 4.69. The minimum absolute atomic E-state index is 0.180. The van der Waals surface area contributed by atoms with Gasteiger partial charge in [0.25, 0.3) is 5.91 Å². The third-order valence-corrected chi connectivity index (χ3v) is 3.82. The third kappa shape index (κ3) is 5.29. The lowest BCUT2D eigenvalue weighted by molar-refractivity contribution is -0.114. The molecule has 1 heterocycles. The lowest BCUT2D eigenvalue weighted by Crippen LogP contribution is -2.14. The standard InChI is InChI=1S/C20H17ClN4O2/c1-13(26)23-16-3-2-4-17(11-16)25-20(27)19-12-18(9-10-22-19)24-15-7-5-14(21)6-8-15/h2-12H,1H3,(H,22,24)(H,23,26)(H,25,27). The molecule has 0 aliphatic heterocycles. The molecule has 3 aromatic rings. The highest BCUT2D eigenvalue weighted by atomic mass is 35.5. The number of aromatic nitrogens is 1. The number of benzene rings is 2. The molecule has 0 spiro atoms. The molecule has 3 N–H and O–H groups in total. The van der Waals surface area contributed by atoms with Crippen LogP contribution in [0.25, 0.3) is 0 Å². The third-order valence-electron chi connectivity index (χ3n) is 3.57. The van der Waals surface area contributed by atoms with Crippen LogP contribution in [-0.4, -0.2) is 16.8 Å². The number of rotatable bonds is 5. The van der Waals surface area contributed by atoms with Gasteiger partial charge in [-0.05, 0) is 54.6 Å². The van der Waals surface area contributed by atoms with E-state index < -0.39 is 0 Å². The fourth-order valence-electron chi connectivity index (χ4n) is 2.41. The molecule has 0 unspecified atom stereocenters. The Morgan fingerprint density at radius 3 is 2.26 bits per heavy atom. The molecule has 0 atom stereocenters. The summed E-state index contributed by atoms with van der Waals surface area (Å²) >= 11 is 5.88. The summed E-state index contributed by atoms with van der Waals surface area (Å²) in [6.07, 6.45) is 1.56. The van der Waals surface area contributed by atoms with Gasteiger partial charge in [0.05, 0.1) is 0 Å². The van der Waals surface area contributed by atoms with Crippen LogP contribution in [0.1, 0.15) is 17.4 Å². The van der Waals surface area contributed by atoms with Gasteiger partial charge >= 0.3 is 0 Å². The van der Waals surface area contributed by atoms with E-state index in [2.05, 4.69) is 20.9 Å². The van der Waals surface area contributed by atoms with E-state index in [0.29, 0.717) is 16.4 Å². The highest BCUT2D eigenvalue weighted by Gasteiger charge is 2.09. The summed E-state index contributed by atoms with van der Waals surface area (Å²) < 4.78 is 0. The molecule has 7 heteroatoms. The minimum Gasteiger partial charge on any atom is -0.355 e. The maximum atomic E-state index is 12.5. The fraction of sp³-hybridized carbons (Fsp3) is 0.0500. The highest BCUT2D eigenvalue weighted by Crippen LogP contribution is 2.20. The Morgan fingerprint density at radius 1 is 0.852 bits per heavy atom. The number of hydrogen-bond donors (Lipinski definition) is 3. The van der Waals surface area contributed by atoms with Crippen molar-refractivity contribution in [3.05, 3.63) is 77.6 Å². The first-order chi connectivity index (χ1) is 13.0. The zero-order valence-electron chi connectivity index (χ0n) is 14.5. The maximum Gasteiger partial charge on any atom is 0.274 e. The number of amides is 2. The van der Waals surface area contributed by atoms with Crippen LogP contribution in [0.2, 0.25) is 5.02 Å². The SMILES string of the molecule is CC(=O)Nc1cccc(NC(=O)c2cc(Nc3ccc(Cl)cc3)ccn2)c1. The number of halogens is 1. The molecule has 0 aliphatic rings. The van der Waals surface area contributed by atoms with Gasteiger partial charge in [-0.1, -0.05) is 17.7 Å². The van der Waals surface area contributed by atoms with Crippen molar-refractivity contribution in [3.8, 4) is 0 Å². The van der Waals surface area contributed by atoms with E-state index in [9.17, 15) is 9.59 Å². The molecule has 0 radical (unpaired) electrons. The van der Waals surface area contributed by atoms with Crippen LogP contribution in [0.4, 0.5) is 22.7 Å².